The van der Waals surface area contributed by atoms with Crippen molar-refractivity contribution < 1.29 is 24.2 Å². The molecule has 0 radical (unpaired) electrons. The molecular weight excluding hydrogens is 328 g/mol. The molecule has 0 atom stereocenters. The lowest BCUT2D eigenvalue weighted by Gasteiger charge is -2.11. The molecule has 0 bridgehead atoms. The number of aromatic nitrogens is 1. The lowest BCUT2D eigenvalue weighted by atomic mass is 10.1. The number of ether oxygens (including phenoxy) is 1. The minimum absolute atomic E-state index is 0.0115. The molecule has 0 saturated heterocycles. The fourth-order valence-electron chi connectivity index (χ4n) is 2.36. The average molecular weight is 342 g/mol. The SMILES string of the molecule is CCOC(=O)Nc1cc(O)ccc1-c1cc(=O)c2c(O)cncc2o1. The molecule has 8 heteroatoms. The molecule has 2 aromatic heterocycles. The highest BCUT2D eigenvalue weighted by molar-refractivity contribution is 5.92. The largest absolute Gasteiger partial charge is 0.508 e. The Labute approximate surface area is 141 Å². The first kappa shape index (κ1) is 16.3. The number of nitrogens with zero attached hydrogens (tertiary/aromatic N) is 1. The second kappa shape index (κ2) is 6.52. The zero-order valence-electron chi connectivity index (χ0n) is 13.1. The van der Waals surface area contributed by atoms with Crippen LogP contribution in [0.3, 0.4) is 0 Å². The maximum atomic E-state index is 12.3. The van der Waals surface area contributed by atoms with Gasteiger partial charge in [-0.2, -0.15) is 0 Å². The summed E-state index contributed by atoms with van der Waals surface area (Å²) in [6, 6.07) is 5.36. The summed E-state index contributed by atoms with van der Waals surface area (Å²) in [6.07, 6.45) is 1.74. The zero-order valence-corrected chi connectivity index (χ0v) is 13.1. The fraction of sp³-hybridized carbons (Fsp3) is 0.118. The molecule has 0 fully saturated rings. The van der Waals surface area contributed by atoms with Gasteiger partial charge in [0.05, 0.1) is 24.7 Å². The number of benzene rings is 1. The Kier molecular flexibility index (Phi) is 4.25. The highest BCUT2D eigenvalue weighted by Gasteiger charge is 2.15. The van der Waals surface area contributed by atoms with Gasteiger partial charge in [-0.05, 0) is 19.1 Å². The van der Waals surface area contributed by atoms with Gasteiger partial charge in [0.25, 0.3) is 0 Å². The molecule has 0 aliphatic carbocycles. The van der Waals surface area contributed by atoms with Crippen LogP contribution in [0.2, 0.25) is 0 Å². The Morgan fingerprint density at radius 2 is 2.08 bits per heavy atom. The molecule has 1 amide bonds. The van der Waals surface area contributed by atoms with E-state index in [1.165, 1.54) is 30.5 Å². The van der Waals surface area contributed by atoms with Crippen molar-refractivity contribution in [1.82, 2.24) is 4.98 Å². The number of pyridine rings is 1. The van der Waals surface area contributed by atoms with Gasteiger partial charge in [0.2, 0.25) is 0 Å². The molecule has 0 spiro atoms. The Morgan fingerprint density at radius 1 is 1.28 bits per heavy atom. The van der Waals surface area contributed by atoms with E-state index >= 15 is 0 Å². The first-order valence-corrected chi connectivity index (χ1v) is 7.37. The Bertz CT molecular complexity index is 1010. The smallest absolute Gasteiger partial charge is 0.411 e. The molecule has 2 heterocycles. The van der Waals surface area contributed by atoms with E-state index in [4.69, 9.17) is 9.15 Å². The minimum Gasteiger partial charge on any atom is -0.508 e. The molecule has 128 valence electrons. The van der Waals surface area contributed by atoms with Crippen LogP contribution in [0, 0.1) is 0 Å². The molecule has 3 rings (SSSR count). The van der Waals surface area contributed by atoms with Gasteiger partial charge in [-0.3, -0.25) is 15.1 Å². The summed E-state index contributed by atoms with van der Waals surface area (Å²) in [5.41, 5.74) is 0.186. The van der Waals surface area contributed by atoms with E-state index < -0.39 is 11.5 Å². The van der Waals surface area contributed by atoms with Crippen LogP contribution in [0.5, 0.6) is 11.5 Å². The van der Waals surface area contributed by atoms with Crippen LogP contribution in [-0.2, 0) is 4.74 Å². The van der Waals surface area contributed by atoms with Crippen LogP contribution in [0.15, 0.2) is 45.9 Å². The van der Waals surface area contributed by atoms with Gasteiger partial charge >= 0.3 is 6.09 Å². The van der Waals surface area contributed by atoms with Crippen molar-refractivity contribution in [3.63, 3.8) is 0 Å². The van der Waals surface area contributed by atoms with Gasteiger partial charge < -0.3 is 19.4 Å². The van der Waals surface area contributed by atoms with Gasteiger partial charge in [0.1, 0.15) is 22.6 Å². The van der Waals surface area contributed by atoms with Crippen LogP contribution in [0.1, 0.15) is 6.92 Å². The number of carbonyl (C=O) groups is 1. The van der Waals surface area contributed by atoms with Crippen LogP contribution >= 0.6 is 0 Å². The van der Waals surface area contributed by atoms with E-state index in [1.54, 1.807) is 6.92 Å². The third-order valence-electron chi connectivity index (χ3n) is 3.40. The topological polar surface area (TPSA) is 122 Å². The summed E-state index contributed by atoms with van der Waals surface area (Å²) in [5, 5.41) is 21.9. The molecule has 0 aliphatic rings. The third kappa shape index (κ3) is 3.23. The predicted octanol–water partition coefficient (Wildman–Crippen LogP) is 2.83. The number of fused-ring (bicyclic) bond motifs is 1. The van der Waals surface area contributed by atoms with Crippen molar-refractivity contribution in [2.45, 2.75) is 6.92 Å². The summed E-state index contributed by atoms with van der Waals surface area (Å²) < 4.78 is 10.5. The number of amides is 1. The number of phenols is 1. The maximum Gasteiger partial charge on any atom is 0.411 e. The molecular formula is C17H14N2O6. The van der Waals surface area contributed by atoms with Crippen molar-refractivity contribution in [2.24, 2.45) is 0 Å². The number of rotatable bonds is 3. The van der Waals surface area contributed by atoms with Gasteiger partial charge in [-0.25, -0.2) is 4.79 Å². The molecule has 3 aromatic rings. The summed E-state index contributed by atoms with van der Waals surface area (Å²) in [5.74, 6) is -0.233. The van der Waals surface area contributed by atoms with Crippen molar-refractivity contribution in [1.29, 1.82) is 0 Å². The molecule has 0 saturated carbocycles. The van der Waals surface area contributed by atoms with Crippen molar-refractivity contribution in [2.75, 3.05) is 11.9 Å². The molecule has 0 unspecified atom stereocenters. The van der Waals surface area contributed by atoms with Crippen LogP contribution in [0.4, 0.5) is 10.5 Å². The average Bonchev–Trinajstić information content (AvgIpc) is 2.54. The first-order valence-electron chi connectivity index (χ1n) is 7.37. The Hall–Kier alpha value is -3.55. The third-order valence-corrected chi connectivity index (χ3v) is 3.40. The first-order chi connectivity index (χ1) is 12.0. The summed E-state index contributed by atoms with van der Waals surface area (Å²) in [6.45, 7) is 1.83. The Morgan fingerprint density at radius 3 is 2.84 bits per heavy atom. The second-order valence-corrected chi connectivity index (χ2v) is 5.08. The number of phenolic OH excluding ortho intramolecular Hbond substituents is 1. The van der Waals surface area contributed by atoms with Gasteiger partial charge in [0.15, 0.2) is 11.0 Å². The zero-order chi connectivity index (χ0) is 18.0. The van der Waals surface area contributed by atoms with Crippen molar-refractivity contribution >= 4 is 22.7 Å². The molecule has 1 aromatic carbocycles. The number of hydrogen-bond donors (Lipinski definition) is 3. The van der Waals surface area contributed by atoms with E-state index in [1.807, 2.05) is 0 Å². The number of anilines is 1. The van der Waals surface area contributed by atoms with E-state index in [0.717, 1.165) is 6.20 Å². The molecule has 25 heavy (non-hydrogen) atoms. The van der Waals surface area contributed by atoms with E-state index in [-0.39, 0.29) is 40.5 Å². The minimum atomic E-state index is -0.711. The maximum absolute atomic E-state index is 12.3. The van der Waals surface area contributed by atoms with E-state index in [2.05, 4.69) is 10.3 Å². The Balaban J connectivity index is 2.15. The summed E-state index contributed by atoms with van der Waals surface area (Å²) in [4.78, 5) is 27.8. The quantitative estimate of drug-likeness (QED) is 0.669. The van der Waals surface area contributed by atoms with Crippen LogP contribution in [0.25, 0.3) is 22.3 Å². The van der Waals surface area contributed by atoms with Gasteiger partial charge in [-0.1, -0.05) is 0 Å². The molecule has 0 aliphatic heterocycles. The number of aromatic hydroxyl groups is 2. The summed E-state index contributed by atoms with van der Waals surface area (Å²) in [7, 11) is 0. The number of carbonyl (C=O) groups excluding carboxylic acids is 1. The van der Waals surface area contributed by atoms with Gasteiger partial charge in [-0.15, -0.1) is 0 Å². The molecule has 8 nitrogen and oxygen atoms in total. The normalized spacial score (nSPS) is 10.6. The van der Waals surface area contributed by atoms with E-state index in [9.17, 15) is 19.8 Å². The lowest BCUT2D eigenvalue weighted by Crippen LogP contribution is -2.14. The molecule has 3 N–H and O–H groups in total. The fourth-order valence-corrected chi connectivity index (χ4v) is 2.36. The number of nitrogens with one attached hydrogen (secondary N) is 1. The number of hydrogen-bond acceptors (Lipinski definition) is 7. The predicted molar refractivity (Wildman–Crippen MR) is 89.7 cm³/mol. The van der Waals surface area contributed by atoms with E-state index in [0.29, 0.717) is 5.56 Å². The monoisotopic (exact) mass is 342 g/mol. The second-order valence-electron chi connectivity index (χ2n) is 5.08. The lowest BCUT2D eigenvalue weighted by molar-refractivity contribution is 0.168. The van der Waals surface area contributed by atoms with Gasteiger partial charge in [0, 0.05) is 17.7 Å². The van der Waals surface area contributed by atoms with Crippen molar-refractivity contribution in [3.05, 3.63) is 46.9 Å². The standard InChI is InChI=1S/C17H14N2O6/c1-2-24-17(23)19-11-5-9(20)3-4-10(11)14-6-12(21)16-13(22)7-18-8-15(16)25-14/h3-8,20,22H,2H2,1H3,(H,19,23). The highest BCUT2D eigenvalue weighted by Crippen LogP contribution is 2.33. The van der Waals surface area contributed by atoms with Crippen LogP contribution in [-0.4, -0.2) is 27.9 Å². The highest BCUT2D eigenvalue weighted by atomic mass is 16.5. The van der Waals surface area contributed by atoms with Crippen LogP contribution < -0.4 is 10.7 Å². The van der Waals surface area contributed by atoms with Crippen molar-refractivity contribution in [3.8, 4) is 22.8 Å². The summed E-state index contributed by atoms with van der Waals surface area (Å²) >= 11 is 0.